The van der Waals surface area contributed by atoms with Gasteiger partial charge < -0.3 is 9.47 Å². The molecule has 4 heteroatoms. The van der Waals surface area contributed by atoms with Crippen molar-refractivity contribution in [3.05, 3.63) is 12.7 Å². The van der Waals surface area contributed by atoms with Gasteiger partial charge in [-0.05, 0) is 26.2 Å². The van der Waals surface area contributed by atoms with Crippen molar-refractivity contribution in [3.8, 4) is 0 Å². The van der Waals surface area contributed by atoms with Gasteiger partial charge in [0.2, 0.25) is 11.8 Å². The molecule has 0 amide bonds. The van der Waals surface area contributed by atoms with Crippen LogP contribution in [0, 0.1) is 5.92 Å². The van der Waals surface area contributed by atoms with Crippen LogP contribution in [0.2, 0.25) is 0 Å². The molecule has 0 fully saturated rings. The summed E-state index contributed by atoms with van der Waals surface area (Å²) in [7, 11) is 0. The second kappa shape index (κ2) is 7.19. The summed E-state index contributed by atoms with van der Waals surface area (Å²) in [6.07, 6.45) is 2.56. The Bertz CT molecular complexity index is 335. The summed E-state index contributed by atoms with van der Waals surface area (Å²) in [5.74, 6) is 1.78. The number of hydrogen-bond acceptors (Lipinski definition) is 4. The third-order valence-corrected chi connectivity index (χ3v) is 2.69. The molecule has 2 atom stereocenters. The van der Waals surface area contributed by atoms with Gasteiger partial charge in [0, 0.05) is 0 Å². The Morgan fingerprint density at radius 2 is 1.78 bits per heavy atom. The van der Waals surface area contributed by atoms with E-state index in [2.05, 4.69) is 30.4 Å². The molecule has 1 aliphatic rings. The van der Waals surface area contributed by atoms with Gasteiger partial charge in [0.15, 0.2) is 0 Å². The van der Waals surface area contributed by atoms with Crippen LogP contribution in [0.4, 0.5) is 0 Å². The second-order valence-electron chi connectivity index (χ2n) is 4.53. The molecule has 0 aromatic rings. The molecule has 0 bridgehead atoms. The van der Waals surface area contributed by atoms with Gasteiger partial charge in [-0.2, -0.15) is 0 Å². The van der Waals surface area contributed by atoms with E-state index in [-0.39, 0.29) is 12.1 Å². The van der Waals surface area contributed by atoms with Crippen LogP contribution in [0.5, 0.6) is 0 Å². The van der Waals surface area contributed by atoms with Gasteiger partial charge >= 0.3 is 0 Å². The second-order valence-corrected chi connectivity index (χ2v) is 4.53. The van der Waals surface area contributed by atoms with Gasteiger partial charge in [0.05, 0.1) is 13.2 Å². The zero-order valence-electron chi connectivity index (χ0n) is 11.8. The SMILES string of the molecule is C=CC[C@H]1N=C(OCC)[C@H](C(C)C)N=C1OCC. The molecule has 1 rings (SSSR count). The molecule has 0 N–H and O–H groups in total. The number of nitrogens with zero attached hydrogens (tertiary/aromatic N) is 2. The van der Waals surface area contributed by atoms with Crippen molar-refractivity contribution >= 4 is 11.8 Å². The summed E-state index contributed by atoms with van der Waals surface area (Å²) in [6.45, 7) is 13.1. The Labute approximate surface area is 110 Å². The lowest BCUT2D eigenvalue weighted by Crippen LogP contribution is -2.38. The lowest BCUT2D eigenvalue weighted by molar-refractivity contribution is 0.276. The predicted octanol–water partition coefficient (Wildman–Crippen LogP) is 2.84. The monoisotopic (exact) mass is 252 g/mol. The van der Waals surface area contributed by atoms with E-state index < -0.39 is 0 Å². The van der Waals surface area contributed by atoms with Crippen molar-refractivity contribution in [2.24, 2.45) is 15.9 Å². The third kappa shape index (κ3) is 3.59. The van der Waals surface area contributed by atoms with Gasteiger partial charge in [-0.3, -0.25) is 0 Å². The Morgan fingerprint density at radius 3 is 2.28 bits per heavy atom. The molecular formula is C14H24N2O2. The van der Waals surface area contributed by atoms with Crippen molar-refractivity contribution in [1.82, 2.24) is 0 Å². The summed E-state index contributed by atoms with van der Waals surface area (Å²) in [5, 5.41) is 0. The molecule has 0 saturated heterocycles. The summed E-state index contributed by atoms with van der Waals surface area (Å²) < 4.78 is 11.2. The number of ether oxygens (including phenoxy) is 2. The molecule has 1 heterocycles. The van der Waals surface area contributed by atoms with E-state index in [1.807, 2.05) is 19.9 Å². The first-order valence-corrected chi connectivity index (χ1v) is 6.65. The molecule has 0 unspecified atom stereocenters. The average molecular weight is 252 g/mol. The molecule has 102 valence electrons. The van der Waals surface area contributed by atoms with E-state index in [9.17, 15) is 0 Å². The fourth-order valence-electron chi connectivity index (χ4n) is 1.86. The fourth-order valence-corrected chi connectivity index (χ4v) is 1.86. The van der Waals surface area contributed by atoms with E-state index in [4.69, 9.17) is 9.47 Å². The maximum Gasteiger partial charge on any atom is 0.210 e. The molecule has 0 radical (unpaired) electrons. The van der Waals surface area contributed by atoms with Crippen LogP contribution >= 0.6 is 0 Å². The lowest BCUT2D eigenvalue weighted by atomic mass is 10.0. The van der Waals surface area contributed by atoms with Gasteiger partial charge in [-0.15, -0.1) is 6.58 Å². The van der Waals surface area contributed by atoms with Crippen molar-refractivity contribution < 1.29 is 9.47 Å². The third-order valence-electron chi connectivity index (χ3n) is 2.69. The summed E-state index contributed by atoms with van der Waals surface area (Å²) in [6, 6.07) is -0.119. The van der Waals surface area contributed by atoms with E-state index in [0.29, 0.717) is 25.0 Å². The highest BCUT2D eigenvalue weighted by atomic mass is 16.5. The van der Waals surface area contributed by atoms with Crippen LogP contribution in [-0.2, 0) is 9.47 Å². The number of hydrogen-bond donors (Lipinski definition) is 0. The minimum absolute atomic E-state index is 0.0347. The van der Waals surface area contributed by atoms with Crippen molar-refractivity contribution in [2.75, 3.05) is 13.2 Å². The van der Waals surface area contributed by atoms with Crippen LogP contribution in [-0.4, -0.2) is 37.1 Å². The smallest absolute Gasteiger partial charge is 0.210 e. The number of aliphatic imine (C=N–C) groups is 2. The molecule has 0 aromatic heterocycles. The van der Waals surface area contributed by atoms with Crippen LogP contribution in [0.15, 0.2) is 22.6 Å². The minimum atomic E-state index is -0.0843. The standard InChI is InChI=1S/C14H24N2O2/c1-6-9-11-13(17-7-2)16-12(10(4)5)14(15-11)18-8-3/h6,10-12H,1,7-9H2,2-5H3/t11-,12+/m1/s1. The molecule has 0 saturated carbocycles. The summed E-state index contributed by atoms with van der Waals surface area (Å²) >= 11 is 0. The Morgan fingerprint density at radius 1 is 1.17 bits per heavy atom. The Hall–Kier alpha value is -1.32. The molecule has 4 nitrogen and oxygen atoms in total. The fraction of sp³-hybridized carbons (Fsp3) is 0.714. The quantitative estimate of drug-likeness (QED) is 0.706. The van der Waals surface area contributed by atoms with Crippen molar-refractivity contribution in [3.63, 3.8) is 0 Å². The van der Waals surface area contributed by atoms with Gasteiger partial charge in [0.25, 0.3) is 0 Å². The molecule has 1 aliphatic heterocycles. The van der Waals surface area contributed by atoms with Crippen molar-refractivity contribution in [1.29, 1.82) is 0 Å². The van der Waals surface area contributed by atoms with Crippen LogP contribution < -0.4 is 0 Å². The maximum absolute atomic E-state index is 5.61. The summed E-state index contributed by atoms with van der Waals surface area (Å²) in [5.41, 5.74) is 0. The first-order valence-electron chi connectivity index (χ1n) is 6.65. The Balaban J connectivity index is 2.96. The molecular weight excluding hydrogens is 228 g/mol. The van der Waals surface area contributed by atoms with Gasteiger partial charge in [-0.1, -0.05) is 19.9 Å². The molecule has 0 aromatic carbocycles. The highest BCUT2D eigenvalue weighted by Gasteiger charge is 2.30. The highest BCUT2D eigenvalue weighted by molar-refractivity contribution is 5.94. The van der Waals surface area contributed by atoms with Gasteiger partial charge in [-0.25, -0.2) is 9.98 Å². The number of rotatable bonds is 5. The summed E-state index contributed by atoms with van der Waals surface area (Å²) in [4.78, 5) is 9.29. The zero-order valence-corrected chi connectivity index (χ0v) is 11.8. The Kier molecular flexibility index (Phi) is 5.89. The first kappa shape index (κ1) is 14.7. The van der Waals surface area contributed by atoms with Gasteiger partial charge in [0.1, 0.15) is 12.1 Å². The average Bonchev–Trinajstić information content (AvgIpc) is 2.32. The molecule has 0 aliphatic carbocycles. The largest absolute Gasteiger partial charge is 0.480 e. The lowest BCUT2D eigenvalue weighted by Gasteiger charge is -2.27. The minimum Gasteiger partial charge on any atom is -0.480 e. The normalized spacial score (nSPS) is 23.4. The topological polar surface area (TPSA) is 43.2 Å². The van der Waals surface area contributed by atoms with E-state index in [1.165, 1.54) is 0 Å². The van der Waals surface area contributed by atoms with E-state index in [1.54, 1.807) is 0 Å². The van der Waals surface area contributed by atoms with Crippen LogP contribution in [0.3, 0.4) is 0 Å². The molecule has 0 spiro atoms. The van der Waals surface area contributed by atoms with Crippen LogP contribution in [0.25, 0.3) is 0 Å². The van der Waals surface area contributed by atoms with E-state index >= 15 is 0 Å². The van der Waals surface area contributed by atoms with Crippen LogP contribution in [0.1, 0.15) is 34.1 Å². The highest BCUT2D eigenvalue weighted by Crippen LogP contribution is 2.19. The first-order chi connectivity index (χ1) is 8.63. The zero-order chi connectivity index (χ0) is 13.5. The predicted molar refractivity (Wildman–Crippen MR) is 75.4 cm³/mol. The van der Waals surface area contributed by atoms with E-state index in [0.717, 1.165) is 12.3 Å². The maximum atomic E-state index is 5.61. The van der Waals surface area contributed by atoms with Crippen molar-refractivity contribution in [2.45, 2.75) is 46.2 Å². The molecule has 18 heavy (non-hydrogen) atoms.